The Labute approximate surface area is 172 Å². The van der Waals surface area contributed by atoms with Gasteiger partial charge < -0.3 is 9.30 Å². The number of nitrogens with one attached hydrogen (secondary N) is 1. The van der Waals surface area contributed by atoms with Crippen LogP contribution in [0.15, 0.2) is 73.3 Å². The lowest BCUT2D eigenvalue weighted by Gasteiger charge is -2.13. The van der Waals surface area contributed by atoms with Crippen molar-refractivity contribution in [3.63, 3.8) is 0 Å². The molecule has 0 aliphatic rings. The predicted octanol–water partition coefficient (Wildman–Crippen LogP) is 4.03. The van der Waals surface area contributed by atoms with Crippen LogP contribution in [0.25, 0.3) is 5.69 Å². The normalized spacial score (nSPS) is 10.7. The van der Waals surface area contributed by atoms with Gasteiger partial charge in [0, 0.05) is 18.5 Å². The number of methoxy groups -OCH3 is 1. The first-order chi connectivity index (χ1) is 14.1. The summed E-state index contributed by atoms with van der Waals surface area (Å²) in [7, 11) is 1.51. The molecule has 0 bridgehead atoms. The van der Waals surface area contributed by atoms with E-state index in [4.69, 9.17) is 16.3 Å². The number of hydrogen-bond acceptors (Lipinski definition) is 4. The molecule has 2 aromatic carbocycles. The van der Waals surface area contributed by atoms with Crippen LogP contribution in [0.3, 0.4) is 0 Å². The number of hydrogen-bond donors (Lipinski definition) is 1. The van der Waals surface area contributed by atoms with Gasteiger partial charge in [-0.3, -0.25) is 10.1 Å². The summed E-state index contributed by atoms with van der Waals surface area (Å²) in [5.74, 6) is 0.207. The molecular weight excluding hydrogens is 390 g/mol. The molecule has 4 aromatic rings. The molecule has 0 atom stereocenters. The molecule has 7 nitrogen and oxygen atoms in total. The van der Waals surface area contributed by atoms with Gasteiger partial charge in [0.1, 0.15) is 12.1 Å². The molecule has 2 heterocycles. The van der Waals surface area contributed by atoms with E-state index < -0.39 is 5.91 Å². The Bertz CT molecular complexity index is 1120. The molecule has 1 N–H and O–H groups in total. The highest BCUT2D eigenvalue weighted by molar-refractivity contribution is 6.33. The maximum atomic E-state index is 12.8. The maximum absolute atomic E-state index is 12.8. The minimum atomic E-state index is -0.403. The first-order valence-electron chi connectivity index (χ1n) is 8.89. The summed E-state index contributed by atoms with van der Waals surface area (Å²) in [6.07, 6.45) is 5.30. The molecule has 8 heteroatoms. The fourth-order valence-electron chi connectivity index (χ4n) is 2.95. The Morgan fingerprint density at radius 3 is 2.62 bits per heavy atom. The van der Waals surface area contributed by atoms with Gasteiger partial charge in [0.15, 0.2) is 0 Å². The van der Waals surface area contributed by atoms with E-state index in [-0.39, 0.29) is 5.95 Å². The monoisotopic (exact) mass is 407 g/mol. The third-order valence-electron chi connectivity index (χ3n) is 4.35. The summed E-state index contributed by atoms with van der Waals surface area (Å²) >= 11 is 6.40. The Balaban J connectivity index is 1.53. The molecule has 0 saturated heterocycles. The molecule has 1 amide bonds. The summed E-state index contributed by atoms with van der Waals surface area (Å²) < 4.78 is 8.91. The van der Waals surface area contributed by atoms with Gasteiger partial charge in [-0.2, -0.15) is 0 Å². The fraction of sp³-hybridized carbons (Fsp3) is 0.0952. The topological polar surface area (TPSA) is 74.0 Å². The highest BCUT2D eigenvalue weighted by atomic mass is 35.5. The molecule has 0 aliphatic carbocycles. The number of anilines is 1. The summed E-state index contributed by atoms with van der Waals surface area (Å²) in [6.45, 7) is 0.560. The zero-order valence-corrected chi connectivity index (χ0v) is 16.4. The van der Waals surface area contributed by atoms with Crippen LogP contribution < -0.4 is 10.1 Å². The van der Waals surface area contributed by atoms with E-state index in [0.717, 1.165) is 11.3 Å². The van der Waals surface area contributed by atoms with Crippen molar-refractivity contribution in [2.24, 2.45) is 0 Å². The SMILES string of the molecule is COc1cc(-n2cccc2)c(Cl)cc1C(=O)Nc1ncn(Cc2ccccc2)n1. The van der Waals surface area contributed by atoms with Crippen molar-refractivity contribution >= 4 is 23.5 Å². The predicted molar refractivity (Wildman–Crippen MR) is 111 cm³/mol. The molecule has 0 spiro atoms. The molecule has 29 heavy (non-hydrogen) atoms. The van der Waals surface area contributed by atoms with Crippen molar-refractivity contribution in [2.75, 3.05) is 12.4 Å². The van der Waals surface area contributed by atoms with E-state index >= 15 is 0 Å². The third kappa shape index (κ3) is 4.14. The first kappa shape index (κ1) is 18.8. The van der Waals surface area contributed by atoms with E-state index in [0.29, 0.717) is 22.9 Å². The number of carbonyl (C=O) groups excluding carboxylic acids is 1. The lowest BCUT2D eigenvalue weighted by molar-refractivity contribution is 0.102. The van der Waals surface area contributed by atoms with Gasteiger partial charge in [-0.15, -0.1) is 5.10 Å². The number of aromatic nitrogens is 4. The van der Waals surface area contributed by atoms with E-state index in [1.807, 2.05) is 59.4 Å². The van der Waals surface area contributed by atoms with Crippen LogP contribution in [0.1, 0.15) is 15.9 Å². The highest BCUT2D eigenvalue weighted by Crippen LogP contribution is 2.30. The highest BCUT2D eigenvalue weighted by Gasteiger charge is 2.18. The van der Waals surface area contributed by atoms with Gasteiger partial charge in [-0.1, -0.05) is 41.9 Å². The Kier molecular flexibility index (Phi) is 5.31. The van der Waals surface area contributed by atoms with Crippen molar-refractivity contribution in [3.05, 3.63) is 89.5 Å². The summed E-state index contributed by atoms with van der Waals surface area (Å²) in [5, 5.41) is 7.42. The molecule has 0 radical (unpaired) electrons. The second-order valence-corrected chi connectivity index (χ2v) is 6.71. The summed E-state index contributed by atoms with van der Waals surface area (Å²) in [5.41, 5.74) is 2.10. The van der Waals surface area contributed by atoms with Crippen molar-refractivity contribution in [1.29, 1.82) is 0 Å². The zero-order valence-electron chi connectivity index (χ0n) is 15.6. The second-order valence-electron chi connectivity index (χ2n) is 6.30. The third-order valence-corrected chi connectivity index (χ3v) is 4.65. The molecular formula is C21H18ClN5O2. The zero-order chi connectivity index (χ0) is 20.2. The molecule has 0 unspecified atom stereocenters. The van der Waals surface area contributed by atoms with Crippen LogP contribution in [0, 0.1) is 0 Å². The average Bonchev–Trinajstić information content (AvgIpc) is 3.41. The number of ether oxygens (including phenoxy) is 1. The van der Waals surface area contributed by atoms with Crippen LogP contribution in [0.4, 0.5) is 5.95 Å². The fourth-order valence-corrected chi connectivity index (χ4v) is 3.21. The Hall–Kier alpha value is -3.58. The van der Waals surface area contributed by atoms with Gasteiger partial charge in [0.2, 0.25) is 5.95 Å². The number of benzene rings is 2. The molecule has 4 rings (SSSR count). The number of nitrogens with zero attached hydrogens (tertiary/aromatic N) is 4. The number of carbonyl (C=O) groups is 1. The van der Waals surface area contributed by atoms with Crippen molar-refractivity contribution in [2.45, 2.75) is 6.54 Å². The van der Waals surface area contributed by atoms with E-state index in [1.165, 1.54) is 7.11 Å². The van der Waals surface area contributed by atoms with Gasteiger partial charge in [-0.25, -0.2) is 9.67 Å². The lowest BCUT2D eigenvalue weighted by atomic mass is 10.1. The van der Waals surface area contributed by atoms with E-state index in [1.54, 1.807) is 23.1 Å². The smallest absolute Gasteiger partial charge is 0.261 e. The Morgan fingerprint density at radius 2 is 1.90 bits per heavy atom. The largest absolute Gasteiger partial charge is 0.496 e. The molecule has 0 saturated carbocycles. The Morgan fingerprint density at radius 1 is 1.14 bits per heavy atom. The van der Waals surface area contributed by atoms with Crippen LogP contribution in [0.5, 0.6) is 5.75 Å². The van der Waals surface area contributed by atoms with Crippen LogP contribution >= 0.6 is 11.6 Å². The second kappa shape index (κ2) is 8.20. The number of amides is 1. The van der Waals surface area contributed by atoms with Gasteiger partial charge in [-0.05, 0) is 23.8 Å². The minimum absolute atomic E-state index is 0.207. The number of halogens is 1. The molecule has 146 valence electrons. The van der Waals surface area contributed by atoms with E-state index in [9.17, 15) is 4.79 Å². The van der Waals surface area contributed by atoms with Crippen LogP contribution in [0.2, 0.25) is 5.02 Å². The van der Waals surface area contributed by atoms with Crippen molar-refractivity contribution < 1.29 is 9.53 Å². The quantitative estimate of drug-likeness (QED) is 0.523. The standard InChI is InChI=1S/C21H18ClN5O2/c1-29-19-12-18(26-9-5-6-10-26)17(22)11-16(19)20(28)24-21-23-14-27(25-21)13-15-7-3-2-4-8-15/h2-12,14H,13H2,1H3,(H,24,25,28). The average molecular weight is 408 g/mol. The maximum Gasteiger partial charge on any atom is 0.261 e. The number of rotatable bonds is 6. The summed E-state index contributed by atoms with van der Waals surface area (Å²) in [4.78, 5) is 16.9. The molecule has 0 fully saturated rings. The first-order valence-corrected chi connectivity index (χ1v) is 9.27. The van der Waals surface area contributed by atoms with Crippen LogP contribution in [-0.2, 0) is 6.54 Å². The lowest BCUT2D eigenvalue weighted by Crippen LogP contribution is -2.15. The molecule has 2 aromatic heterocycles. The van der Waals surface area contributed by atoms with Gasteiger partial charge in [0.25, 0.3) is 5.91 Å². The summed E-state index contributed by atoms with van der Waals surface area (Å²) in [6, 6.07) is 17.0. The van der Waals surface area contributed by atoms with Gasteiger partial charge in [0.05, 0.1) is 29.9 Å². The van der Waals surface area contributed by atoms with Crippen molar-refractivity contribution in [1.82, 2.24) is 19.3 Å². The van der Waals surface area contributed by atoms with Crippen LogP contribution in [-0.4, -0.2) is 32.3 Å². The van der Waals surface area contributed by atoms with Gasteiger partial charge >= 0.3 is 0 Å². The molecule has 0 aliphatic heterocycles. The van der Waals surface area contributed by atoms with Crippen molar-refractivity contribution in [3.8, 4) is 11.4 Å². The van der Waals surface area contributed by atoms with E-state index in [2.05, 4.69) is 15.4 Å². The minimum Gasteiger partial charge on any atom is -0.496 e.